The fourth-order valence-electron chi connectivity index (χ4n) is 3.89. The number of hydrogen-bond donors (Lipinski definition) is 2. The normalized spacial score (nSPS) is 19.3. The lowest BCUT2D eigenvalue weighted by molar-refractivity contribution is 0.327. The molecule has 0 bridgehead atoms. The second kappa shape index (κ2) is 6.85. The highest BCUT2D eigenvalue weighted by Gasteiger charge is 2.38. The summed E-state index contributed by atoms with van der Waals surface area (Å²) < 4.78 is 29.1. The molecule has 0 saturated heterocycles. The molecule has 0 fully saturated rings. The van der Waals surface area contributed by atoms with E-state index in [4.69, 9.17) is 11.6 Å². The Morgan fingerprint density at radius 2 is 1.43 bits per heavy atom. The molecule has 2 atom stereocenters. The number of sulfonamides is 1. The number of benzene rings is 3. The first-order chi connectivity index (χ1) is 13.2. The summed E-state index contributed by atoms with van der Waals surface area (Å²) in [6.45, 7) is 6.25. The molecule has 146 valence electrons. The molecule has 2 unspecified atom stereocenters. The molecule has 4 nitrogen and oxygen atoms in total. The molecule has 0 aliphatic heterocycles. The largest absolute Gasteiger partial charge is 0.304 e. The smallest absolute Gasteiger partial charge is 0.241 e. The van der Waals surface area contributed by atoms with Crippen LogP contribution in [0.25, 0.3) is 10.8 Å². The van der Waals surface area contributed by atoms with Crippen molar-refractivity contribution in [3.8, 4) is 0 Å². The van der Waals surface area contributed by atoms with Gasteiger partial charge in [-0.25, -0.2) is 13.1 Å². The van der Waals surface area contributed by atoms with E-state index in [2.05, 4.69) is 49.0 Å². The zero-order valence-corrected chi connectivity index (χ0v) is 17.6. The van der Waals surface area contributed by atoms with Gasteiger partial charge in [-0.3, -0.25) is 0 Å². The summed E-state index contributed by atoms with van der Waals surface area (Å²) >= 11 is 5.92. The van der Waals surface area contributed by atoms with Crippen molar-refractivity contribution in [3.05, 3.63) is 76.8 Å². The second-order valence-corrected chi connectivity index (χ2v) is 10.4. The van der Waals surface area contributed by atoms with Gasteiger partial charge in [-0.1, -0.05) is 48.0 Å². The van der Waals surface area contributed by atoms with Crippen LogP contribution in [0.4, 0.5) is 0 Å². The molecule has 3 aromatic rings. The van der Waals surface area contributed by atoms with Crippen molar-refractivity contribution in [2.75, 3.05) is 0 Å². The summed E-state index contributed by atoms with van der Waals surface area (Å²) in [5.74, 6) is 0. The van der Waals surface area contributed by atoms with Crippen molar-refractivity contribution < 1.29 is 8.42 Å². The Kier molecular flexibility index (Phi) is 4.74. The van der Waals surface area contributed by atoms with Crippen LogP contribution in [-0.2, 0) is 10.0 Å². The van der Waals surface area contributed by atoms with Crippen molar-refractivity contribution in [2.24, 2.45) is 0 Å². The molecule has 4 rings (SSSR count). The third-order valence-electron chi connectivity index (χ3n) is 4.97. The van der Waals surface area contributed by atoms with Crippen molar-refractivity contribution in [3.63, 3.8) is 0 Å². The van der Waals surface area contributed by atoms with Crippen molar-refractivity contribution in [1.29, 1.82) is 0 Å². The maximum absolute atomic E-state index is 13.1. The minimum atomic E-state index is -3.71. The third-order valence-corrected chi connectivity index (χ3v) is 6.68. The predicted molar refractivity (Wildman–Crippen MR) is 114 cm³/mol. The van der Waals surface area contributed by atoms with Crippen LogP contribution in [-0.4, -0.2) is 14.0 Å². The van der Waals surface area contributed by atoms with Crippen LogP contribution < -0.4 is 10.0 Å². The van der Waals surface area contributed by atoms with Crippen LogP contribution >= 0.6 is 11.6 Å². The number of halogens is 1. The molecular formula is C22H23ClN2O2S. The molecule has 28 heavy (non-hydrogen) atoms. The summed E-state index contributed by atoms with van der Waals surface area (Å²) in [5.41, 5.74) is 1.93. The van der Waals surface area contributed by atoms with Gasteiger partial charge in [0.05, 0.1) is 17.0 Å². The van der Waals surface area contributed by atoms with E-state index in [0.29, 0.717) is 5.02 Å². The van der Waals surface area contributed by atoms with Crippen LogP contribution in [0.1, 0.15) is 44.0 Å². The van der Waals surface area contributed by atoms with Crippen molar-refractivity contribution >= 4 is 32.4 Å². The molecule has 0 spiro atoms. The van der Waals surface area contributed by atoms with Crippen LogP contribution in [0.3, 0.4) is 0 Å². The van der Waals surface area contributed by atoms with E-state index >= 15 is 0 Å². The Hall–Kier alpha value is -1.92. The van der Waals surface area contributed by atoms with E-state index in [1.165, 1.54) is 12.1 Å². The standard InChI is InChI=1S/C22H23ClN2O2S/c1-22(2,3)24-20-17-8-4-6-14-7-5-9-18(19(14)17)21(20)25-28(26,27)16-12-10-15(23)11-13-16/h4-13,20-21,24-25H,1-3H3. The Labute approximate surface area is 171 Å². The first-order valence-corrected chi connectivity index (χ1v) is 11.1. The van der Waals surface area contributed by atoms with Gasteiger partial charge in [0.15, 0.2) is 0 Å². The lowest BCUT2D eigenvalue weighted by Gasteiger charge is -2.31. The molecule has 6 heteroatoms. The van der Waals surface area contributed by atoms with Gasteiger partial charge in [-0.15, -0.1) is 0 Å². The molecule has 0 radical (unpaired) electrons. The fraction of sp³-hybridized carbons (Fsp3) is 0.273. The van der Waals surface area contributed by atoms with E-state index in [9.17, 15) is 8.42 Å². The minimum Gasteiger partial charge on any atom is -0.304 e. The molecule has 3 aromatic carbocycles. The van der Waals surface area contributed by atoms with Gasteiger partial charge in [-0.05, 0) is 66.9 Å². The Bertz CT molecular complexity index is 1130. The van der Waals surface area contributed by atoms with Gasteiger partial charge in [-0.2, -0.15) is 0 Å². The molecule has 2 N–H and O–H groups in total. The Morgan fingerprint density at radius 1 is 0.857 bits per heavy atom. The molecule has 0 amide bonds. The van der Waals surface area contributed by atoms with E-state index in [0.717, 1.165) is 21.9 Å². The predicted octanol–water partition coefficient (Wildman–Crippen LogP) is 4.96. The summed E-state index contributed by atoms with van der Waals surface area (Å²) in [5, 5.41) is 6.35. The highest BCUT2D eigenvalue weighted by atomic mass is 35.5. The van der Waals surface area contributed by atoms with E-state index in [1.807, 2.05) is 18.2 Å². The van der Waals surface area contributed by atoms with E-state index in [1.54, 1.807) is 12.1 Å². The SMILES string of the molecule is CC(C)(C)NC1c2cccc3cccc(c23)C1NS(=O)(=O)c1ccc(Cl)cc1. The van der Waals surface area contributed by atoms with Crippen LogP contribution in [0.2, 0.25) is 5.02 Å². The quantitative estimate of drug-likeness (QED) is 0.634. The third kappa shape index (κ3) is 3.55. The van der Waals surface area contributed by atoms with Gasteiger partial charge in [0.2, 0.25) is 10.0 Å². The number of hydrogen-bond acceptors (Lipinski definition) is 3. The van der Waals surface area contributed by atoms with Crippen LogP contribution in [0.5, 0.6) is 0 Å². The second-order valence-electron chi connectivity index (χ2n) is 8.22. The molecular weight excluding hydrogens is 392 g/mol. The average Bonchev–Trinajstić information content (AvgIpc) is 2.89. The average molecular weight is 415 g/mol. The topological polar surface area (TPSA) is 58.2 Å². The zero-order valence-electron chi connectivity index (χ0n) is 16.0. The highest BCUT2D eigenvalue weighted by Crippen LogP contribution is 2.45. The van der Waals surface area contributed by atoms with Gasteiger partial charge in [0.25, 0.3) is 0 Å². The van der Waals surface area contributed by atoms with Crippen LogP contribution in [0.15, 0.2) is 65.6 Å². The van der Waals surface area contributed by atoms with E-state index < -0.39 is 16.1 Å². The molecule has 0 heterocycles. The Morgan fingerprint density at radius 3 is 2.00 bits per heavy atom. The fourth-order valence-corrected chi connectivity index (χ4v) is 5.24. The van der Waals surface area contributed by atoms with Crippen LogP contribution in [0, 0.1) is 0 Å². The molecule has 1 aliphatic rings. The van der Waals surface area contributed by atoms with Gasteiger partial charge in [0.1, 0.15) is 0 Å². The first-order valence-electron chi connectivity index (χ1n) is 9.23. The number of rotatable bonds is 4. The lowest BCUT2D eigenvalue weighted by Crippen LogP contribution is -2.44. The minimum absolute atomic E-state index is 0.164. The molecule has 0 saturated carbocycles. The van der Waals surface area contributed by atoms with Crippen molar-refractivity contribution in [2.45, 2.75) is 43.3 Å². The summed E-state index contributed by atoms with van der Waals surface area (Å²) in [6, 6.07) is 17.9. The summed E-state index contributed by atoms with van der Waals surface area (Å²) in [6.07, 6.45) is 0. The maximum atomic E-state index is 13.1. The first kappa shape index (κ1) is 19.4. The van der Waals surface area contributed by atoms with Gasteiger partial charge in [0, 0.05) is 10.6 Å². The lowest BCUT2D eigenvalue weighted by atomic mass is 10.0. The number of nitrogens with one attached hydrogen (secondary N) is 2. The highest BCUT2D eigenvalue weighted by molar-refractivity contribution is 7.89. The van der Waals surface area contributed by atoms with Gasteiger partial charge >= 0.3 is 0 Å². The monoisotopic (exact) mass is 414 g/mol. The summed E-state index contributed by atoms with van der Waals surface area (Å²) in [4.78, 5) is 0.203. The molecule has 1 aliphatic carbocycles. The maximum Gasteiger partial charge on any atom is 0.241 e. The summed E-state index contributed by atoms with van der Waals surface area (Å²) in [7, 11) is -3.71. The van der Waals surface area contributed by atoms with Crippen molar-refractivity contribution in [1.82, 2.24) is 10.0 Å². The molecule has 0 aromatic heterocycles. The van der Waals surface area contributed by atoms with Gasteiger partial charge < -0.3 is 5.32 Å². The van der Waals surface area contributed by atoms with E-state index in [-0.39, 0.29) is 16.5 Å². The Balaban J connectivity index is 1.80. The zero-order chi connectivity index (χ0) is 20.1.